The first-order valence-electron chi connectivity index (χ1n) is 10.6. The normalized spacial score (nSPS) is 11.8. The summed E-state index contributed by atoms with van der Waals surface area (Å²) >= 11 is 0. The van der Waals surface area contributed by atoms with E-state index in [4.69, 9.17) is 0 Å². The van der Waals surface area contributed by atoms with Crippen LogP contribution >= 0.6 is 0 Å². The minimum atomic E-state index is -3.73. The van der Waals surface area contributed by atoms with E-state index in [1.54, 1.807) is 13.8 Å². The van der Waals surface area contributed by atoms with E-state index in [9.17, 15) is 18.0 Å². The molecule has 0 saturated heterocycles. The van der Waals surface area contributed by atoms with Gasteiger partial charge < -0.3 is 9.13 Å². The zero-order chi connectivity index (χ0) is 23.5. The number of hydrogen-bond donors (Lipinski definition) is 0. The van der Waals surface area contributed by atoms with E-state index in [2.05, 4.69) is 4.57 Å². The lowest BCUT2D eigenvalue weighted by atomic mass is 10.1. The van der Waals surface area contributed by atoms with Gasteiger partial charge >= 0.3 is 0 Å². The monoisotopic (exact) mass is 455 g/mol. The lowest BCUT2D eigenvalue weighted by molar-refractivity contribution is 0.0969. The van der Waals surface area contributed by atoms with Crippen LogP contribution in [-0.2, 0) is 23.1 Å². The first kappa shape index (κ1) is 23.7. The number of rotatable bonds is 9. The van der Waals surface area contributed by atoms with E-state index in [-0.39, 0.29) is 17.2 Å². The molecule has 0 unspecified atom stereocenters. The second-order valence-electron chi connectivity index (χ2n) is 7.70. The van der Waals surface area contributed by atoms with Gasteiger partial charge in [-0.1, -0.05) is 44.2 Å². The van der Waals surface area contributed by atoms with Gasteiger partial charge in [0.15, 0.2) is 5.78 Å². The largest absolute Gasteiger partial charge is 0.344 e. The van der Waals surface area contributed by atoms with Gasteiger partial charge in [0, 0.05) is 48.8 Å². The number of ketones is 1. The van der Waals surface area contributed by atoms with Crippen LogP contribution in [0.3, 0.4) is 0 Å². The summed E-state index contributed by atoms with van der Waals surface area (Å²) in [4.78, 5) is 25.5. The highest BCUT2D eigenvalue weighted by molar-refractivity contribution is 7.89. The number of sulfonamides is 1. The summed E-state index contributed by atoms with van der Waals surface area (Å²) in [5.41, 5.74) is 2.99. The molecule has 0 saturated carbocycles. The molecule has 0 aliphatic heterocycles. The maximum Gasteiger partial charge on any atom is 0.251 e. The van der Waals surface area contributed by atoms with E-state index in [0.717, 1.165) is 17.0 Å². The Hall–Kier alpha value is -2.97. The quantitative estimate of drug-likeness (QED) is 0.464. The van der Waals surface area contributed by atoms with E-state index >= 15 is 0 Å². The first-order valence-corrected chi connectivity index (χ1v) is 12.1. The molecule has 0 atom stereocenters. The number of carbonyl (C=O) groups excluding carboxylic acids is 1. The number of nitrogens with zero attached hydrogens (tertiary/aromatic N) is 3. The van der Waals surface area contributed by atoms with Crippen molar-refractivity contribution in [1.29, 1.82) is 0 Å². The molecule has 170 valence electrons. The van der Waals surface area contributed by atoms with Crippen LogP contribution in [0.15, 0.2) is 64.4 Å². The average molecular weight is 456 g/mol. The molecular weight excluding hydrogens is 426 g/mol. The average Bonchev–Trinajstić information content (AvgIpc) is 3.05. The highest BCUT2D eigenvalue weighted by Crippen LogP contribution is 2.19. The minimum absolute atomic E-state index is 0.00292. The SMILES string of the molecule is CCN(CC)S(=O)(=O)c1ccc(=O)n(CC(=O)c2cc(C)n(Cc3ccccc3)c2C)c1. The van der Waals surface area contributed by atoms with Crippen molar-refractivity contribution in [3.63, 3.8) is 0 Å². The fraction of sp³-hybridized carbons (Fsp3) is 0.333. The molecule has 2 aromatic heterocycles. The molecule has 0 amide bonds. The summed E-state index contributed by atoms with van der Waals surface area (Å²) in [6.07, 6.45) is 1.26. The van der Waals surface area contributed by atoms with Crippen LogP contribution in [-0.4, -0.2) is 40.7 Å². The van der Waals surface area contributed by atoms with Crippen molar-refractivity contribution in [1.82, 2.24) is 13.4 Å². The summed E-state index contributed by atoms with van der Waals surface area (Å²) in [6, 6.07) is 14.3. The Morgan fingerprint density at radius 3 is 2.28 bits per heavy atom. The second-order valence-corrected chi connectivity index (χ2v) is 9.64. The van der Waals surface area contributed by atoms with Gasteiger partial charge in [-0.15, -0.1) is 0 Å². The van der Waals surface area contributed by atoms with Crippen molar-refractivity contribution in [2.45, 2.75) is 45.7 Å². The van der Waals surface area contributed by atoms with Crippen molar-refractivity contribution in [2.75, 3.05) is 13.1 Å². The van der Waals surface area contributed by atoms with Crippen molar-refractivity contribution < 1.29 is 13.2 Å². The first-order chi connectivity index (χ1) is 15.2. The Bertz CT molecular complexity index is 1270. The predicted octanol–water partition coefficient (Wildman–Crippen LogP) is 3.23. The number of carbonyl (C=O) groups is 1. The Kier molecular flexibility index (Phi) is 7.16. The molecule has 3 aromatic rings. The maximum absolute atomic E-state index is 13.1. The Morgan fingerprint density at radius 2 is 1.66 bits per heavy atom. The standard InChI is InChI=1S/C24H29N3O4S/c1-5-26(6-2)32(30,31)21-12-13-24(29)25(16-21)17-23(28)22-14-18(3)27(19(22)4)15-20-10-8-7-9-11-20/h7-14,16H,5-6,15,17H2,1-4H3. The van der Waals surface area contributed by atoms with Crippen molar-refractivity contribution >= 4 is 15.8 Å². The zero-order valence-corrected chi connectivity index (χ0v) is 19.7. The Balaban J connectivity index is 1.90. The third kappa shape index (κ3) is 4.76. The smallest absolute Gasteiger partial charge is 0.251 e. The van der Waals surface area contributed by atoms with Gasteiger partial charge in [-0.05, 0) is 31.5 Å². The molecule has 0 fully saturated rings. The summed E-state index contributed by atoms with van der Waals surface area (Å²) in [6.45, 7) is 8.40. The molecule has 32 heavy (non-hydrogen) atoms. The molecule has 8 heteroatoms. The maximum atomic E-state index is 13.1. The number of benzene rings is 1. The Morgan fingerprint density at radius 1 is 1.00 bits per heavy atom. The Labute approximate surface area is 189 Å². The number of Topliss-reactive ketones (excluding diaryl/α,β-unsaturated/α-hetero) is 1. The topological polar surface area (TPSA) is 81.4 Å². The van der Waals surface area contributed by atoms with E-state index < -0.39 is 15.6 Å². The van der Waals surface area contributed by atoms with Crippen molar-refractivity contribution in [2.24, 2.45) is 0 Å². The third-order valence-corrected chi connectivity index (χ3v) is 7.70. The van der Waals surface area contributed by atoms with Crippen LogP contribution in [0.5, 0.6) is 0 Å². The summed E-state index contributed by atoms with van der Waals surface area (Å²) in [7, 11) is -3.73. The fourth-order valence-corrected chi connectivity index (χ4v) is 5.31. The van der Waals surface area contributed by atoms with E-state index in [0.29, 0.717) is 25.2 Å². The van der Waals surface area contributed by atoms with Gasteiger partial charge in [0.05, 0.1) is 11.4 Å². The summed E-state index contributed by atoms with van der Waals surface area (Å²) in [5, 5.41) is 0. The van der Waals surface area contributed by atoms with Crippen molar-refractivity contribution in [3.05, 3.63) is 87.6 Å². The zero-order valence-electron chi connectivity index (χ0n) is 18.9. The van der Waals surface area contributed by atoms with Crippen LogP contribution in [0, 0.1) is 13.8 Å². The summed E-state index contributed by atoms with van der Waals surface area (Å²) < 4.78 is 30.2. The van der Waals surface area contributed by atoms with Crippen LogP contribution in [0.2, 0.25) is 0 Å². The molecule has 7 nitrogen and oxygen atoms in total. The van der Waals surface area contributed by atoms with Crippen LogP contribution < -0.4 is 5.56 Å². The lowest BCUT2D eigenvalue weighted by Crippen LogP contribution is -2.32. The molecule has 0 radical (unpaired) electrons. The van der Waals surface area contributed by atoms with E-state index in [1.165, 1.54) is 27.2 Å². The molecule has 2 heterocycles. The molecular formula is C24H29N3O4S. The number of pyridine rings is 1. The van der Waals surface area contributed by atoms with Gasteiger partial charge in [-0.3, -0.25) is 9.59 Å². The summed E-state index contributed by atoms with van der Waals surface area (Å²) in [5.74, 6) is -0.239. The molecule has 0 bridgehead atoms. The lowest BCUT2D eigenvalue weighted by Gasteiger charge is -2.19. The predicted molar refractivity (Wildman–Crippen MR) is 125 cm³/mol. The van der Waals surface area contributed by atoms with E-state index in [1.807, 2.05) is 50.2 Å². The van der Waals surface area contributed by atoms with Crippen LogP contribution in [0.25, 0.3) is 0 Å². The molecule has 1 aromatic carbocycles. The number of aromatic nitrogens is 2. The van der Waals surface area contributed by atoms with Crippen LogP contribution in [0.1, 0.15) is 41.2 Å². The minimum Gasteiger partial charge on any atom is -0.344 e. The van der Waals surface area contributed by atoms with Gasteiger partial charge in [0.2, 0.25) is 10.0 Å². The molecule has 0 aliphatic rings. The molecule has 0 aliphatic carbocycles. The fourth-order valence-electron chi connectivity index (χ4n) is 3.83. The molecule has 0 N–H and O–H groups in total. The van der Waals surface area contributed by atoms with Crippen molar-refractivity contribution in [3.8, 4) is 0 Å². The van der Waals surface area contributed by atoms with Gasteiger partial charge in [0.25, 0.3) is 5.56 Å². The second kappa shape index (κ2) is 9.67. The number of aryl methyl sites for hydroxylation is 1. The third-order valence-electron chi connectivity index (χ3n) is 5.67. The highest BCUT2D eigenvalue weighted by atomic mass is 32.2. The molecule has 0 spiro atoms. The highest BCUT2D eigenvalue weighted by Gasteiger charge is 2.23. The molecule has 3 rings (SSSR count). The number of hydrogen-bond acceptors (Lipinski definition) is 4. The van der Waals surface area contributed by atoms with Gasteiger partial charge in [-0.2, -0.15) is 4.31 Å². The van der Waals surface area contributed by atoms with Crippen LogP contribution in [0.4, 0.5) is 0 Å². The van der Waals surface area contributed by atoms with Gasteiger partial charge in [0.1, 0.15) is 0 Å². The van der Waals surface area contributed by atoms with Gasteiger partial charge in [-0.25, -0.2) is 8.42 Å².